The van der Waals surface area contributed by atoms with Crippen LogP contribution in [-0.4, -0.2) is 25.5 Å². The molecule has 0 aliphatic heterocycles. The lowest BCUT2D eigenvalue weighted by Gasteiger charge is -2.11. The summed E-state index contributed by atoms with van der Waals surface area (Å²) >= 11 is 0. The SMILES string of the molecule is COC(=O)c1cc(N)ccc1NCCCC(N)=O. The first kappa shape index (κ1) is 13.8. The summed E-state index contributed by atoms with van der Waals surface area (Å²) in [5.41, 5.74) is 12.1. The van der Waals surface area contributed by atoms with Gasteiger partial charge in [-0.25, -0.2) is 4.79 Å². The number of rotatable bonds is 6. The number of nitrogen functional groups attached to an aromatic ring is 1. The van der Waals surface area contributed by atoms with Crippen molar-refractivity contribution in [2.45, 2.75) is 12.8 Å². The van der Waals surface area contributed by atoms with Crippen LogP contribution in [0.1, 0.15) is 23.2 Å². The summed E-state index contributed by atoms with van der Waals surface area (Å²) in [4.78, 5) is 22.1. The maximum atomic E-state index is 11.5. The molecule has 0 atom stereocenters. The molecule has 0 fully saturated rings. The van der Waals surface area contributed by atoms with Crippen molar-refractivity contribution in [3.05, 3.63) is 23.8 Å². The minimum absolute atomic E-state index is 0.301. The van der Waals surface area contributed by atoms with Crippen LogP contribution in [0.15, 0.2) is 18.2 Å². The Morgan fingerprint density at radius 3 is 2.72 bits per heavy atom. The first-order valence-corrected chi connectivity index (χ1v) is 5.54. The minimum Gasteiger partial charge on any atom is -0.465 e. The zero-order chi connectivity index (χ0) is 13.5. The Morgan fingerprint density at radius 2 is 2.11 bits per heavy atom. The van der Waals surface area contributed by atoms with Crippen molar-refractivity contribution in [1.82, 2.24) is 0 Å². The predicted octanol–water partition coefficient (Wildman–Crippen LogP) is 0.733. The van der Waals surface area contributed by atoms with E-state index < -0.39 is 5.97 Å². The second kappa shape index (κ2) is 6.48. The molecular weight excluding hydrogens is 234 g/mol. The molecule has 0 heterocycles. The molecule has 6 nitrogen and oxygen atoms in total. The van der Waals surface area contributed by atoms with E-state index in [0.29, 0.717) is 36.3 Å². The van der Waals surface area contributed by atoms with E-state index >= 15 is 0 Å². The number of nitrogens with one attached hydrogen (secondary N) is 1. The summed E-state index contributed by atoms with van der Waals surface area (Å²) in [6.45, 7) is 0.539. The van der Waals surface area contributed by atoms with Gasteiger partial charge in [0, 0.05) is 24.3 Å². The highest BCUT2D eigenvalue weighted by molar-refractivity contribution is 5.96. The van der Waals surface area contributed by atoms with E-state index in [1.54, 1.807) is 18.2 Å². The second-order valence-corrected chi connectivity index (χ2v) is 3.79. The number of benzene rings is 1. The lowest BCUT2D eigenvalue weighted by molar-refractivity contribution is -0.118. The number of esters is 1. The molecule has 6 heteroatoms. The third-order valence-corrected chi connectivity index (χ3v) is 2.36. The van der Waals surface area contributed by atoms with Crippen LogP contribution in [0.25, 0.3) is 0 Å². The number of nitrogens with two attached hydrogens (primary N) is 2. The van der Waals surface area contributed by atoms with E-state index in [-0.39, 0.29) is 5.91 Å². The minimum atomic E-state index is -0.459. The van der Waals surface area contributed by atoms with Gasteiger partial charge in [0.15, 0.2) is 0 Å². The summed E-state index contributed by atoms with van der Waals surface area (Å²) in [5.74, 6) is -0.804. The summed E-state index contributed by atoms with van der Waals surface area (Å²) < 4.78 is 4.67. The molecular formula is C12H17N3O3. The molecule has 0 aromatic heterocycles. The predicted molar refractivity (Wildman–Crippen MR) is 69.1 cm³/mol. The van der Waals surface area contributed by atoms with E-state index in [9.17, 15) is 9.59 Å². The van der Waals surface area contributed by atoms with Gasteiger partial charge < -0.3 is 21.5 Å². The molecule has 0 unspecified atom stereocenters. The fourth-order valence-corrected chi connectivity index (χ4v) is 1.48. The van der Waals surface area contributed by atoms with E-state index in [0.717, 1.165) is 0 Å². The first-order valence-electron chi connectivity index (χ1n) is 5.54. The van der Waals surface area contributed by atoms with Crippen LogP contribution in [0, 0.1) is 0 Å². The third kappa shape index (κ3) is 3.97. The Hall–Kier alpha value is -2.24. The highest BCUT2D eigenvalue weighted by Gasteiger charge is 2.11. The van der Waals surface area contributed by atoms with Crippen molar-refractivity contribution >= 4 is 23.3 Å². The lowest BCUT2D eigenvalue weighted by Crippen LogP contribution is -2.14. The van der Waals surface area contributed by atoms with E-state index in [2.05, 4.69) is 10.1 Å². The Bertz CT molecular complexity index is 446. The van der Waals surface area contributed by atoms with Crippen LogP contribution in [-0.2, 0) is 9.53 Å². The van der Waals surface area contributed by atoms with Crippen molar-refractivity contribution in [1.29, 1.82) is 0 Å². The molecule has 18 heavy (non-hydrogen) atoms. The fraction of sp³-hybridized carbons (Fsp3) is 0.333. The fourth-order valence-electron chi connectivity index (χ4n) is 1.48. The zero-order valence-electron chi connectivity index (χ0n) is 10.2. The third-order valence-electron chi connectivity index (χ3n) is 2.36. The molecule has 0 bridgehead atoms. The maximum Gasteiger partial charge on any atom is 0.340 e. The molecule has 0 saturated carbocycles. The highest BCUT2D eigenvalue weighted by atomic mass is 16.5. The first-order chi connectivity index (χ1) is 8.54. The lowest BCUT2D eigenvalue weighted by atomic mass is 10.1. The van der Waals surface area contributed by atoms with E-state index in [4.69, 9.17) is 11.5 Å². The average molecular weight is 251 g/mol. The normalized spacial score (nSPS) is 9.83. The van der Waals surface area contributed by atoms with Gasteiger partial charge in [0.1, 0.15) is 0 Å². The van der Waals surface area contributed by atoms with Gasteiger partial charge in [-0.15, -0.1) is 0 Å². The molecule has 1 amide bonds. The molecule has 1 aromatic carbocycles. The Balaban J connectivity index is 2.69. The van der Waals surface area contributed by atoms with Crippen molar-refractivity contribution in [2.75, 3.05) is 24.7 Å². The Labute approximate surface area is 105 Å². The maximum absolute atomic E-state index is 11.5. The van der Waals surface area contributed by atoms with Crippen LogP contribution in [0.5, 0.6) is 0 Å². The zero-order valence-corrected chi connectivity index (χ0v) is 10.2. The van der Waals surface area contributed by atoms with Gasteiger partial charge in [-0.3, -0.25) is 4.79 Å². The van der Waals surface area contributed by atoms with Crippen LogP contribution in [0.2, 0.25) is 0 Å². The number of ether oxygens (including phenoxy) is 1. The second-order valence-electron chi connectivity index (χ2n) is 3.79. The van der Waals surface area contributed by atoms with Crippen molar-refractivity contribution < 1.29 is 14.3 Å². The van der Waals surface area contributed by atoms with Gasteiger partial charge in [0.05, 0.1) is 12.7 Å². The quantitative estimate of drug-likeness (QED) is 0.392. The standard InChI is InChI=1S/C12H17N3O3/c1-18-12(17)9-7-8(13)4-5-10(9)15-6-2-3-11(14)16/h4-5,7,15H,2-3,6,13H2,1H3,(H2,14,16). The van der Waals surface area contributed by atoms with Gasteiger partial charge >= 0.3 is 5.97 Å². The molecule has 0 saturated heterocycles. The van der Waals surface area contributed by atoms with Gasteiger partial charge in [-0.1, -0.05) is 0 Å². The number of amides is 1. The molecule has 98 valence electrons. The van der Waals surface area contributed by atoms with Crippen molar-refractivity contribution in [2.24, 2.45) is 5.73 Å². The number of methoxy groups -OCH3 is 1. The number of carbonyl (C=O) groups excluding carboxylic acids is 2. The molecule has 1 rings (SSSR count). The number of hydrogen-bond donors (Lipinski definition) is 3. The smallest absolute Gasteiger partial charge is 0.340 e. The topological polar surface area (TPSA) is 107 Å². The largest absolute Gasteiger partial charge is 0.465 e. The monoisotopic (exact) mass is 251 g/mol. The van der Waals surface area contributed by atoms with Crippen molar-refractivity contribution in [3.8, 4) is 0 Å². The van der Waals surface area contributed by atoms with E-state index in [1.165, 1.54) is 7.11 Å². The molecule has 0 aliphatic carbocycles. The summed E-state index contributed by atoms with van der Waals surface area (Å²) in [5, 5.41) is 3.05. The number of carbonyl (C=O) groups is 2. The summed E-state index contributed by atoms with van der Waals surface area (Å²) in [6.07, 6.45) is 0.899. The summed E-state index contributed by atoms with van der Waals surface area (Å²) in [6, 6.07) is 4.93. The Morgan fingerprint density at radius 1 is 1.39 bits per heavy atom. The van der Waals surface area contributed by atoms with Crippen LogP contribution in [0.4, 0.5) is 11.4 Å². The van der Waals surface area contributed by atoms with Crippen LogP contribution >= 0.6 is 0 Å². The van der Waals surface area contributed by atoms with Crippen LogP contribution < -0.4 is 16.8 Å². The summed E-state index contributed by atoms with van der Waals surface area (Å²) in [7, 11) is 1.31. The van der Waals surface area contributed by atoms with Gasteiger partial charge in [-0.05, 0) is 24.6 Å². The molecule has 0 spiro atoms. The number of anilines is 2. The number of primary amides is 1. The van der Waals surface area contributed by atoms with Crippen LogP contribution in [0.3, 0.4) is 0 Å². The average Bonchev–Trinajstić information content (AvgIpc) is 2.34. The van der Waals surface area contributed by atoms with Crippen molar-refractivity contribution in [3.63, 3.8) is 0 Å². The molecule has 0 aliphatic rings. The molecule has 1 aromatic rings. The van der Waals surface area contributed by atoms with Gasteiger partial charge in [0.2, 0.25) is 5.91 Å². The van der Waals surface area contributed by atoms with E-state index in [1.807, 2.05) is 0 Å². The van der Waals surface area contributed by atoms with Gasteiger partial charge in [-0.2, -0.15) is 0 Å². The van der Waals surface area contributed by atoms with Gasteiger partial charge in [0.25, 0.3) is 0 Å². The number of hydrogen-bond acceptors (Lipinski definition) is 5. The molecule has 0 radical (unpaired) electrons. The highest BCUT2D eigenvalue weighted by Crippen LogP contribution is 2.19. The molecule has 5 N–H and O–H groups in total. The Kier molecular flexibility index (Phi) is 4.98.